The molecule has 17 heavy (non-hydrogen) atoms. The normalized spacial score (nSPS) is 12.9. The van der Waals surface area contributed by atoms with Crippen LogP contribution in [0.5, 0.6) is 0 Å². The number of hydrogen-bond donors (Lipinski definition) is 1. The van der Waals surface area contributed by atoms with Gasteiger partial charge in [0.25, 0.3) is 0 Å². The molecule has 1 N–H and O–H groups in total. The highest BCUT2D eigenvalue weighted by Gasteiger charge is 2.09. The zero-order valence-electron chi connectivity index (χ0n) is 9.87. The van der Waals surface area contributed by atoms with Gasteiger partial charge >= 0.3 is 0 Å². The van der Waals surface area contributed by atoms with E-state index in [-0.39, 0.29) is 6.04 Å². The second-order valence-electron chi connectivity index (χ2n) is 3.95. The molecule has 0 aliphatic rings. The van der Waals surface area contributed by atoms with Crippen molar-refractivity contribution in [1.29, 1.82) is 0 Å². The molecular weight excluding hydrogens is 300 g/mol. The molecule has 1 atom stereocenters. The van der Waals surface area contributed by atoms with Crippen molar-refractivity contribution in [3.05, 3.63) is 38.6 Å². The average molecular weight is 315 g/mol. The van der Waals surface area contributed by atoms with Crippen molar-refractivity contribution in [2.75, 3.05) is 6.54 Å². The van der Waals surface area contributed by atoms with E-state index < -0.39 is 0 Å². The number of halogens is 1. The molecule has 0 aliphatic carbocycles. The third-order valence-electron chi connectivity index (χ3n) is 2.48. The molecule has 0 radical (unpaired) electrons. The van der Waals surface area contributed by atoms with E-state index in [1.807, 2.05) is 19.1 Å². The Morgan fingerprint density at radius 3 is 2.94 bits per heavy atom. The van der Waals surface area contributed by atoms with E-state index in [2.05, 4.69) is 38.5 Å². The molecular formula is C12H15BrN2OS. The Balaban J connectivity index is 1.78. The lowest BCUT2D eigenvalue weighted by Gasteiger charge is -2.10. The minimum absolute atomic E-state index is 0.224. The standard InChI is InChI=1S/C12H15BrN2OS/c1-8-7-17-12(15-8)5-6-14-9(2)10-3-4-11(13)16-10/h3-4,7,9,14H,5-6H2,1-2H3. The first-order chi connectivity index (χ1) is 8.15. The van der Waals surface area contributed by atoms with Crippen LogP contribution in [0.3, 0.4) is 0 Å². The summed E-state index contributed by atoms with van der Waals surface area (Å²) in [6.07, 6.45) is 0.963. The number of nitrogens with one attached hydrogen (secondary N) is 1. The van der Waals surface area contributed by atoms with Crippen LogP contribution < -0.4 is 5.32 Å². The number of aryl methyl sites for hydroxylation is 1. The van der Waals surface area contributed by atoms with E-state index in [1.165, 1.54) is 5.01 Å². The molecule has 0 bridgehead atoms. The van der Waals surface area contributed by atoms with Gasteiger partial charge in [0.2, 0.25) is 0 Å². The number of thiazole rings is 1. The Bertz CT molecular complexity index is 480. The molecule has 2 aromatic heterocycles. The van der Waals surface area contributed by atoms with Gasteiger partial charge in [-0.05, 0) is 41.9 Å². The summed E-state index contributed by atoms with van der Waals surface area (Å²) in [5.41, 5.74) is 1.10. The first-order valence-corrected chi connectivity index (χ1v) is 7.22. The van der Waals surface area contributed by atoms with Gasteiger partial charge in [0.15, 0.2) is 4.67 Å². The summed E-state index contributed by atoms with van der Waals surface area (Å²) < 4.78 is 6.27. The van der Waals surface area contributed by atoms with Crippen LogP contribution in [-0.4, -0.2) is 11.5 Å². The summed E-state index contributed by atoms with van der Waals surface area (Å²) in [7, 11) is 0. The Hall–Kier alpha value is -0.650. The Morgan fingerprint density at radius 1 is 1.53 bits per heavy atom. The third kappa shape index (κ3) is 3.66. The minimum atomic E-state index is 0.224. The monoisotopic (exact) mass is 314 g/mol. The van der Waals surface area contributed by atoms with Gasteiger partial charge in [-0.3, -0.25) is 0 Å². The number of nitrogens with zero attached hydrogens (tertiary/aromatic N) is 1. The highest BCUT2D eigenvalue weighted by atomic mass is 79.9. The van der Waals surface area contributed by atoms with Gasteiger partial charge in [-0.2, -0.15) is 0 Å². The van der Waals surface area contributed by atoms with Crippen LogP contribution in [0.25, 0.3) is 0 Å². The van der Waals surface area contributed by atoms with Crippen molar-refractivity contribution >= 4 is 27.3 Å². The van der Waals surface area contributed by atoms with Gasteiger partial charge in [0.1, 0.15) is 5.76 Å². The molecule has 2 aromatic rings. The summed E-state index contributed by atoms with van der Waals surface area (Å²) in [5.74, 6) is 0.951. The molecule has 0 saturated heterocycles. The van der Waals surface area contributed by atoms with E-state index >= 15 is 0 Å². The lowest BCUT2D eigenvalue weighted by molar-refractivity contribution is 0.420. The van der Waals surface area contributed by atoms with Crippen LogP contribution in [0.4, 0.5) is 0 Å². The number of furan rings is 1. The van der Waals surface area contributed by atoms with Crippen molar-refractivity contribution in [3.8, 4) is 0 Å². The summed E-state index contributed by atoms with van der Waals surface area (Å²) in [5, 5.41) is 6.69. The summed E-state index contributed by atoms with van der Waals surface area (Å²) in [4.78, 5) is 4.43. The number of hydrogen-bond acceptors (Lipinski definition) is 4. The van der Waals surface area contributed by atoms with Crippen molar-refractivity contribution in [3.63, 3.8) is 0 Å². The van der Waals surface area contributed by atoms with Crippen LogP contribution >= 0.6 is 27.3 Å². The first-order valence-electron chi connectivity index (χ1n) is 5.55. The second-order valence-corrected chi connectivity index (χ2v) is 5.67. The highest BCUT2D eigenvalue weighted by molar-refractivity contribution is 9.10. The minimum Gasteiger partial charge on any atom is -0.453 e. The first kappa shape index (κ1) is 12.8. The largest absolute Gasteiger partial charge is 0.453 e. The van der Waals surface area contributed by atoms with E-state index in [0.717, 1.165) is 29.1 Å². The maximum Gasteiger partial charge on any atom is 0.169 e. The molecule has 2 rings (SSSR count). The maximum atomic E-state index is 5.49. The molecule has 2 heterocycles. The second kappa shape index (κ2) is 5.80. The molecule has 0 fully saturated rings. The average Bonchev–Trinajstić information content (AvgIpc) is 2.88. The molecule has 1 unspecified atom stereocenters. The number of aromatic nitrogens is 1. The molecule has 5 heteroatoms. The third-order valence-corrected chi connectivity index (χ3v) is 3.93. The predicted molar refractivity (Wildman–Crippen MR) is 73.4 cm³/mol. The zero-order valence-corrected chi connectivity index (χ0v) is 12.3. The molecule has 92 valence electrons. The van der Waals surface area contributed by atoms with Gasteiger partial charge in [0.05, 0.1) is 11.0 Å². The van der Waals surface area contributed by atoms with E-state index in [1.54, 1.807) is 11.3 Å². The topological polar surface area (TPSA) is 38.1 Å². The predicted octanol–water partition coefficient (Wildman–Crippen LogP) is 3.70. The highest BCUT2D eigenvalue weighted by Crippen LogP contribution is 2.20. The summed E-state index contributed by atoms with van der Waals surface area (Å²) in [6.45, 7) is 5.03. The van der Waals surface area contributed by atoms with Crippen LogP contribution in [0.2, 0.25) is 0 Å². The molecule has 0 saturated carbocycles. The molecule has 0 aliphatic heterocycles. The fraction of sp³-hybridized carbons (Fsp3) is 0.417. The summed E-state index contributed by atoms with van der Waals surface area (Å²) >= 11 is 5.02. The van der Waals surface area contributed by atoms with Crippen LogP contribution in [0, 0.1) is 6.92 Å². The Kier molecular flexibility index (Phi) is 4.36. The molecule has 0 aromatic carbocycles. The molecule has 0 amide bonds. The van der Waals surface area contributed by atoms with Crippen molar-refractivity contribution < 1.29 is 4.42 Å². The van der Waals surface area contributed by atoms with Crippen LogP contribution in [-0.2, 0) is 6.42 Å². The zero-order chi connectivity index (χ0) is 12.3. The smallest absolute Gasteiger partial charge is 0.169 e. The fourth-order valence-electron chi connectivity index (χ4n) is 1.57. The van der Waals surface area contributed by atoms with Crippen molar-refractivity contribution in [2.45, 2.75) is 26.3 Å². The molecule has 3 nitrogen and oxygen atoms in total. The van der Waals surface area contributed by atoms with Gasteiger partial charge in [-0.15, -0.1) is 11.3 Å². The lowest BCUT2D eigenvalue weighted by atomic mass is 10.2. The van der Waals surface area contributed by atoms with E-state index in [4.69, 9.17) is 4.42 Å². The van der Waals surface area contributed by atoms with E-state index in [9.17, 15) is 0 Å². The Labute approximate surface area is 113 Å². The van der Waals surface area contributed by atoms with Crippen LogP contribution in [0.15, 0.2) is 26.6 Å². The van der Waals surface area contributed by atoms with Crippen LogP contribution in [0.1, 0.15) is 29.4 Å². The lowest BCUT2D eigenvalue weighted by Crippen LogP contribution is -2.20. The number of rotatable bonds is 5. The Morgan fingerprint density at radius 2 is 2.35 bits per heavy atom. The van der Waals surface area contributed by atoms with Crippen molar-refractivity contribution in [2.24, 2.45) is 0 Å². The maximum absolute atomic E-state index is 5.49. The quantitative estimate of drug-likeness (QED) is 0.914. The van der Waals surface area contributed by atoms with Gasteiger partial charge in [0, 0.05) is 24.0 Å². The fourth-order valence-corrected chi connectivity index (χ4v) is 2.67. The molecule has 0 spiro atoms. The van der Waals surface area contributed by atoms with Crippen molar-refractivity contribution in [1.82, 2.24) is 10.3 Å². The van der Waals surface area contributed by atoms with E-state index in [0.29, 0.717) is 0 Å². The van der Waals surface area contributed by atoms with Gasteiger partial charge in [-0.25, -0.2) is 4.98 Å². The van der Waals surface area contributed by atoms with Gasteiger partial charge < -0.3 is 9.73 Å². The summed E-state index contributed by atoms with van der Waals surface area (Å²) in [6, 6.07) is 4.12. The van der Waals surface area contributed by atoms with Gasteiger partial charge in [-0.1, -0.05) is 0 Å². The SMILES string of the molecule is Cc1csc(CCNC(C)c2ccc(Br)o2)n1.